The number of oxazole rings is 1. The van der Waals surface area contributed by atoms with Crippen LogP contribution in [0.15, 0.2) is 70.6 Å². The van der Waals surface area contributed by atoms with E-state index in [0.717, 1.165) is 5.57 Å². The summed E-state index contributed by atoms with van der Waals surface area (Å²) < 4.78 is 11.2. The van der Waals surface area contributed by atoms with Gasteiger partial charge in [0, 0.05) is 19.0 Å². The predicted octanol–water partition coefficient (Wildman–Crippen LogP) is 3.26. The molecule has 0 saturated carbocycles. The van der Waals surface area contributed by atoms with E-state index in [2.05, 4.69) is 10.3 Å². The first kappa shape index (κ1) is 27.9. The highest BCUT2D eigenvalue weighted by Gasteiger charge is 2.33. The fourth-order valence-electron chi connectivity index (χ4n) is 4.09. The van der Waals surface area contributed by atoms with Gasteiger partial charge in [-0.3, -0.25) is 9.59 Å². The van der Waals surface area contributed by atoms with Crippen molar-refractivity contribution in [1.29, 1.82) is 0 Å². The van der Waals surface area contributed by atoms with Crippen LogP contribution in [-0.4, -0.2) is 58.1 Å². The number of fused-ring (bicyclic) bond motifs is 3. The molecular weight excluding hydrogens is 474 g/mol. The van der Waals surface area contributed by atoms with Gasteiger partial charge in [-0.2, -0.15) is 0 Å². The summed E-state index contributed by atoms with van der Waals surface area (Å²) in [5.41, 5.74) is 1.14. The monoisotopic (exact) mass is 509 g/mol. The molecule has 2 aliphatic heterocycles. The highest BCUT2D eigenvalue weighted by Crippen LogP contribution is 2.24. The van der Waals surface area contributed by atoms with Crippen molar-refractivity contribution in [3.05, 3.63) is 77.7 Å². The number of hydrogen-bond donors (Lipinski definition) is 2. The molecule has 2 N–H and O–H groups in total. The van der Waals surface area contributed by atoms with Gasteiger partial charge >= 0.3 is 5.97 Å². The van der Waals surface area contributed by atoms with Gasteiger partial charge in [0.25, 0.3) is 5.91 Å². The van der Waals surface area contributed by atoms with E-state index < -0.39 is 24.1 Å². The maximum atomic E-state index is 13.1. The van der Waals surface area contributed by atoms with Gasteiger partial charge < -0.3 is 24.5 Å². The Labute approximate surface area is 217 Å². The molecule has 0 radical (unpaired) electrons. The fraction of sp³-hybridized carbons (Fsp3) is 0.429. The van der Waals surface area contributed by atoms with E-state index in [1.165, 1.54) is 17.2 Å². The summed E-state index contributed by atoms with van der Waals surface area (Å²) in [6, 6.07) is 0. The summed E-state index contributed by atoms with van der Waals surface area (Å²) in [5, 5.41) is 13.1. The fourth-order valence-corrected chi connectivity index (χ4v) is 4.09. The lowest BCUT2D eigenvalue weighted by molar-refractivity contribution is -0.149. The Hall–Kier alpha value is -3.72. The van der Waals surface area contributed by atoms with Crippen molar-refractivity contribution in [2.75, 3.05) is 13.1 Å². The molecule has 0 saturated heterocycles. The van der Waals surface area contributed by atoms with E-state index >= 15 is 0 Å². The number of rotatable bonds is 1. The van der Waals surface area contributed by atoms with Crippen molar-refractivity contribution < 1.29 is 28.6 Å². The van der Waals surface area contributed by atoms with Crippen LogP contribution < -0.4 is 5.32 Å². The Balaban J connectivity index is 1.87. The number of aliphatic hydroxyl groups is 1. The molecule has 37 heavy (non-hydrogen) atoms. The molecule has 1 aromatic rings. The minimum atomic E-state index is -0.866. The summed E-state index contributed by atoms with van der Waals surface area (Å²) in [5.74, 6) is -1.39. The topological polar surface area (TPSA) is 122 Å². The molecule has 0 aromatic carbocycles. The lowest BCUT2D eigenvalue weighted by Crippen LogP contribution is -2.36. The quantitative estimate of drug-likeness (QED) is 0.557. The highest BCUT2D eigenvalue weighted by atomic mass is 16.5. The first-order chi connectivity index (χ1) is 17.7. The van der Waals surface area contributed by atoms with Crippen molar-refractivity contribution in [2.24, 2.45) is 11.8 Å². The van der Waals surface area contributed by atoms with Crippen molar-refractivity contribution in [2.45, 2.75) is 52.7 Å². The van der Waals surface area contributed by atoms with Crippen molar-refractivity contribution >= 4 is 17.8 Å². The van der Waals surface area contributed by atoms with Crippen molar-refractivity contribution in [3.8, 4) is 0 Å². The summed E-state index contributed by atoms with van der Waals surface area (Å²) in [6.45, 7) is 8.31. The first-order valence-corrected chi connectivity index (χ1v) is 12.5. The van der Waals surface area contributed by atoms with Crippen LogP contribution in [0.1, 0.15) is 50.5 Å². The molecule has 2 bridgehead atoms. The number of amides is 2. The molecule has 1 unspecified atom stereocenters. The molecule has 9 heteroatoms. The van der Waals surface area contributed by atoms with Gasteiger partial charge in [-0.05, 0) is 25.3 Å². The molecule has 0 fully saturated rings. The zero-order valence-electron chi connectivity index (χ0n) is 21.7. The van der Waals surface area contributed by atoms with Crippen LogP contribution in [0.4, 0.5) is 0 Å². The zero-order chi connectivity index (χ0) is 26.9. The maximum absolute atomic E-state index is 13.1. The number of cyclic esters (lactones) is 1. The Bertz CT molecular complexity index is 1140. The molecule has 0 aliphatic carbocycles. The zero-order valence-corrected chi connectivity index (χ0v) is 21.7. The average Bonchev–Trinajstić information content (AvgIpc) is 3.52. The normalized spacial score (nSPS) is 28.4. The van der Waals surface area contributed by atoms with Gasteiger partial charge in [0.15, 0.2) is 11.6 Å². The molecule has 2 amide bonds. The molecule has 1 aromatic heterocycles. The number of esters is 1. The van der Waals surface area contributed by atoms with E-state index in [1.54, 1.807) is 24.3 Å². The standard InChI is InChI=1S/C28H35N3O6/c1-18(2)26-20(4)12-13-24(33)29-14-6-9-19(3)8-5-10-21(32)16-25-30-22(17-36-25)27(34)31-15-7-11-23(31)28(35)37-26/h5-6,8-13,17-18,20-21,26,32H,7,14-16H2,1-4H3,(H,29,33)/b9-6+,10-5+,13-12+,19-8+/t20-,21?,26-/m1/s1. The van der Waals surface area contributed by atoms with Crippen LogP contribution >= 0.6 is 0 Å². The molecular formula is C28H35N3O6. The summed E-state index contributed by atoms with van der Waals surface area (Å²) in [4.78, 5) is 44.0. The van der Waals surface area contributed by atoms with Gasteiger partial charge in [0.2, 0.25) is 5.91 Å². The van der Waals surface area contributed by atoms with Crippen LogP contribution in [0.2, 0.25) is 0 Å². The smallest absolute Gasteiger partial charge is 0.355 e. The average molecular weight is 510 g/mol. The third-order valence-corrected chi connectivity index (χ3v) is 6.03. The molecule has 3 atom stereocenters. The summed E-state index contributed by atoms with van der Waals surface area (Å²) in [7, 11) is 0. The minimum absolute atomic E-state index is 0.0249. The Morgan fingerprint density at radius 3 is 2.73 bits per heavy atom. The van der Waals surface area contributed by atoms with E-state index in [1.807, 2.05) is 45.9 Å². The molecule has 198 valence electrons. The predicted molar refractivity (Wildman–Crippen MR) is 138 cm³/mol. The molecule has 2 aliphatic rings. The van der Waals surface area contributed by atoms with Crippen molar-refractivity contribution in [1.82, 2.24) is 15.2 Å². The first-order valence-electron chi connectivity index (χ1n) is 12.5. The largest absolute Gasteiger partial charge is 0.457 e. The number of aromatic nitrogens is 1. The summed E-state index contributed by atoms with van der Waals surface area (Å²) >= 11 is 0. The van der Waals surface area contributed by atoms with Gasteiger partial charge in [0.1, 0.15) is 18.1 Å². The number of aliphatic hydroxyl groups excluding tert-OH is 1. The number of allylic oxidation sites excluding steroid dienone is 4. The number of ether oxygens (including phenoxy) is 1. The lowest BCUT2D eigenvalue weighted by atomic mass is 9.94. The van der Waals surface area contributed by atoms with Gasteiger partial charge in [-0.25, -0.2) is 9.78 Å². The molecule has 3 rings (SSSR count). The van der Waals surface area contributed by atoms with Gasteiger partial charge in [0.05, 0.1) is 12.5 Å². The van der Waals surface area contributed by atoms with Crippen LogP contribution in [0, 0.1) is 11.8 Å². The maximum Gasteiger partial charge on any atom is 0.355 e. The van der Waals surface area contributed by atoms with Crippen LogP contribution in [0.3, 0.4) is 0 Å². The number of carbonyl (C=O) groups is 3. The van der Waals surface area contributed by atoms with Crippen LogP contribution in [0.25, 0.3) is 0 Å². The lowest BCUT2D eigenvalue weighted by Gasteiger charge is -2.27. The van der Waals surface area contributed by atoms with Crippen molar-refractivity contribution in [3.63, 3.8) is 0 Å². The molecule has 9 nitrogen and oxygen atoms in total. The number of nitrogens with zero attached hydrogens (tertiary/aromatic N) is 2. The SMILES string of the molecule is CC1=C\C=C\C(O)Cc2nc(co2)C(=O)N2CCC=C2C(=O)O[C@H](C(C)C)[C@H](C)/C=C/C(=O)NC\C=C\1. The highest BCUT2D eigenvalue weighted by molar-refractivity contribution is 6.00. The number of carbonyl (C=O) groups excluding carboxylic acids is 3. The van der Waals surface area contributed by atoms with Gasteiger partial charge in [-0.15, -0.1) is 0 Å². The third kappa shape index (κ3) is 7.88. The summed E-state index contributed by atoms with van der Waals surface area (Å²) in [6.07, 6.45) is 14.1. The Kier molecular flexibility index (Phi) is 9.79. The second-order valence-corrected chi connectivity index (χ2v) is 9.51. The minimum Gasteiger partial charge on any atom is -0.457 e. The van der Waals surface area contributed by atoms with E-state index in [0.29, 0.717) is 19.5 Å². The number of hydrogen-bond acceptors (Lipinski definition) is 7. The third-order valence-electron chi connectivity index (χ3n) is 6.03. The van der Waals surface area contributed by atoms with E-state index in [-0.39, 0.29) is 41.4 Å². The van der Waals surface area contributed by atoms with E-state index in [9.17, 15) is 19.5 Å². The Morgan fingerprint density at radius 2 is 1.97 bits per heavy atom. The molecule has 0 spiro atoms. The second kappa shape index (κ2) is 13.0. The molecule has 3 heterocycles. The van der Waals surface area contributed by atoms with E-state index in [4.69, 9.17) is 9.15 Å². The van der Waals surface area contributed by atoms with Gasteiger partial charge in [-0.1, -0.05) is 68.9 Å². The second-order valence-electron chi connectivity index (χ2n) is 9.51. The number of nitrogens with one attached hydrogen (secondary N) is 1. The van der Waals surface area contributed by atoms with Crippen LogP contribution in [0.5, 0.6) is 0 Å². The van der Waals surface area contributed by atoms with Crippen LogP contribution in [-0.2, 0) is 20.7 Å². The Morgan fingerprint density at radius 1 is 1.19 bits per heavy atom.